The molecule has 11 heavy (non-hydrogen) atoms. The predicted octanol–water partition coefficient (Wildman–Crippen LogP) is -0.0841. The number of rotatable bonds is 5. The first kappa shape index (κ1) is 14.5. The summed E-state index contributed by atoms with van der Waals surface area (Å²) in [5.41, 5.74) is 0. The van der Waals surface area contributed by atoms with Crippen LogP contribution >= 0.6 is 0 Å². The van der Waals surface area contributed by atoms with Crippen LogP contribution in [0.3, 0.4) is 0 Å². The molecule has 1 amide bonds. The molecule has 0 aliphatic rings. The number of nitrogens with one attached hydrogen (secondary N) is 1. The Hall–Kier alpha value is 0.949. The maximum atomic E-state index is 10.6. The average Bonchev–Trinajstić information content (AvgIpc) is 1.98. The smallest absolute Gasteiger partial charge is 0 e. The van der Waals surface area contributed by atoms with E-state index in [0.717, 1.165) is 3.93 Å². The van der Waals surface area contributed by atoms with E-state index < -0.39 is 0 Å². The van der Waals surface area contributed by atoms with Crippen molar-refractivity contribution in [3.05, 3.63) is 6.92 Å². The Kier molecular flexibility index (Phi) is 14.4. The fourth-order valence-corrected chi connectivity index (χ4v) is 1.14. The Labute approximate surface area is 95.5 Å². The largest absolute Gasteiger partial charge is 0 e. The van der Waals surface area contributed by atoms with Gasteiger partial charge < -0.3 is 0 Å². The number of ether oxygens (including phenoxy) is 1. The van der Waals surface area contributed by atoms with Crippen LogP contribution in [0.5, 0.6) is 0 Å². The van der Waals surface area contributed by atoms with Crippen molar-refractivity contribution in [1.82, 2.24) is 5.32 Å². The molecular formula is C6H11HgNO2V-. The Balaban J connectivity index is 0. The Morgan fingerprint density at radius 3 is 2.73 bits per heavy atom. The van der Waals surface area contributed by atoms with E-state index in [9.17, 15) is 4.79 Å². The van der Waals surface area contributed by atoms with Gasteiger partial charge in [-0.15, -0.1) is 0 Å². The fraction of sp³-hybridized carbons (Fsp3) is 0.667. The molecule has 0 atom stereocenters. The fourth-order valence-electron chi connectivity index (χ4n) is 0.453. The Morgan fingerprint density at radius 2 is 2.27 bits per heavy atom. The quantitative estimate of drug-likeness (QED) is 0.411. The van der Waals surface area contributed by atoms with Gasteiger partial charge in [0, 0.05) is 18.6 Å². The zero-order valence-corrected chi connectivity index (χ0v) is 13.4. The van der Waals surface area contributed by atoms with Gasteiger partial charge in [-0.25, -0.2) is 0 Å². The molecule has 0 aromatic carbocycles. The van der Waals surface area contributed by atoms with E-state index >= 15 is 0 Å². The van der Waals surface area contributed by atoms with E-state index in [-0.39, 0.29) is 24.5 Å². The van der Waals surface area contributed by atoms with Crippen LogP contribution in [0.15, 0.2) is 0 Å². The van der Waals surface area contributed by atoms with Crippen molar-refractivity contribution in [2.75, 3.05) is 19.8 Å². The monoisotopic (exact) mass is 382 g/mol. The van der Waals surface area contributed by atoms with Crippen LogP contribution in [0.25, 0.3) is 0 Å². The summed E-state index contributed by atoms with van der Waals surface area (Å²) in [7, 11) is 0. The summed E-state index contributed by atoms with van der Waals surface area (Å²) >= 11 is 0.571. The normalized spacial score (nSPS) is 8.64. The summed E-state index contributed by atoms with van der Waals surface area (Å²) in [5, 5.41) is 2.72. The van der Waals surface area contributed by atoms with Crippen LogP contribution in [-0.4, -0.2) is 25.7 Å². The third kappa shape index (κ3) is 10.9. The minimum atomic E-state index is 0. The second kappa shape index (κ2) is 10.9. The molecular weight excluding hydrogens is 370 g/mol. The van der Waals surface area contributed by atoms with Crippen LogP contribution < -0.4 is 5.32 Å². The molecule has 0 bridgehead atoms. The number of amides is 1. The van der Waals surface area contributed by atoms with E-state index in [2.05, 4.69) is 12.2 Å². The first-order valence-corrected chi connectivity index (χ1v) is 7.13. The van der Waals surface area contributed by atoms with Gasteiger partial charge in [-0.2, -0.15) is 0 Å². The molecule has 0 unspecified atom stereocenters. The van der Waals surface area contributed by atoms with E-state index in [1.165, 1.54) is 0 Å². The second-order valence-corrected chi connectivity index (χ2v) is 3.66. The summed E-state index contributed by atoms with van der Waals surface area (Å²) < 4.78 is 5.64. The predicted molar refractivity (Wildman–Crippen MR) is 34.0 cm³/mol. The molecule has 1 radical (unpaired) electrons. The van der Waals surface area contributed by atoms with Crippen LogP contribution in [0.2, 0.25) is 3.93 Å². The zero-order chi connectivity index (χ0) is 7.82. The number of carbonyl (C=O) groups excluding carboxylic acids is 1. The van der Waals surface area contributed by atoms with Gasteiger partial charge in [0.05, 0.1) is 0 Å². The summed E-state index contributed by atoms with van der Waals surface area (Å²) in [6.45, 7) is 5.16. The van der Waals surface area contributed by atoms with E-state index in [1.54, 1.807) is 0 Å². The van der Waals surface area contributed by atoms with Gasteiger partial charge in [-0.05, 0) is 0 Å². The molecule has 0 heterocycles. The first-order chi connectivity index (χ1) is 4.81. The van der Waals surface area contributed by atoms with E-state index in [0.29, 0.717) is 45.9 Å². The Morgan fingerprint density at radius 1 is 1.64 bits per heavy atom. The molecule has 3 nitrogen and oxygen atoms in total. The van der Waals surface area contributed by atoms with Crippen molar-refractivity contribution in [3.63, 3.8) is 0 Å². The van der Waals surface area contributed by atoms with Crippen LogP contribution in [0.4, 0.5) is 0 Å². The summed E-state index contributed by atoms with van der Waals surface area (Å²) in [4.78, 5) is 10.6. The third-order valence-electron chi connectivity index (χ3n) is 0.940. The molecule has 0 fully saturated rings. The van der Waals surface area contributed by atoms with Crippen molar-refractivity contribution in [2.45, 2.75) is 3.93 Å². The molecule has 0 saturated heterocycles. The number of carbonyl (C=O) groups is 1. The molecule has 0 rings (SSSR count). The maximum Gasteiger partial charge on any atom is 0 e. The van der Waals surface area contributed by atoms with Crippen LogP contribution in [0, 0.1) is 6.92 Å². The summed E-state index contributed by atoms with van der Waals surface area (Å²) in [6.07, 6.45) is 0. The standard InChI is InChI=1S/C6H11NO2.Hg.V/c1-3-9-5-4-7-6(2)8;;/h1-5H2,(H,7,8);;/q-1;;. The molecule has 1 N–H and O–H groups in total. The van der Waals surface area contributed by atoms with Gasteiger partial charge in [0.15, 0.2) is 0 Å². The van der Waals surface area contributed by atoms with Gasteiger partial charge in [-0.3, -0.25) is 0 Å². The first-order valence-electron chi connectivity index (χ1n) is 3.24. The molecule has 0 aliphatic heterocycles. The molecule has 0 aromatic heterocycles. The zero-order valence-electron chi connectivity index (χ0n) is 6.51. The Bertz CT molecular complexity index is 103. The van der Waals surface area contributed by atoms with Gasteiger partial charge in [0.2, 0.25) is 0 Å². The van der Waals surface area contributed by atoms with Crippen molar-refractivity contribution >= 4 is 5.91 Å². The summed E-state index contributed by atoms with van der Waals surface area (Å²) in [6, 6.07) is 0. The van der Waals surface area contributed by atoms with Crippen LogP contribution in [-0.2, 0) is 54.2 Å². The molecule has 60 valence electrons. The molecule has 0 aliphatic carbocycles. The van der Waals surface area contributed by atoms with Gasteiger partial charge in [0.25, 0.3) is 0 Å². The van der Waals surface area contributed by atoms with Crippen LogP contribution in [0.1, 0.15) is 0 Å². The second-order valence-electron chi connectivity index (χ2n) is 1.71. The maximum absolute atomic E-state index is 10.6. The van der Waals surface area contributed by atoms with Crippen molar-refractivity contribution in [1.29, 1.82) is 0 Å². The molecule has 0 spiro atoms. The van der Waals surface area contributed by atoms with Gasteiger partial charge >= 0.3 is 77.5 Å². The van der Waals surface area contributed by atoms with Gasteiger partial charge in [-0.1, -0.05) is 0 Å². The van der Waals surface area contributed by atoms with Crippen molar-refractivity contribution in [3.8, 4) is 0 Å². The van der Waals surface area contributed by atoms with Crippen molar-refractivity contribution in [2.24, 2.45) is 0 Å². The topological polar surface area (TPSA) is 38.3 Å². The molecule has 0 aromatic rings. The minimum absolute atomic E-state index is 0. The number of hydrogen-bond donors (Lipinski definition) is 1. The number of hydrogen-bond acceptors (Lipinski definition) is 2. The van der Waals surface area contributed by atoms with E-state index in [1.807, 2.05) is 0 Å². The van der Waals surface area contributed by atoms with E-state index in [4.69, 9.17) is 4.74 Å². The third-order valence-corrected chi connectivity index (χ3v) is 2.71. The molecule has 5 heteroatoms. The molecule has 0 saturated carbocycles. The summed E-state index contributed by atoms with van der Waals surface area (Å²) in [5.74, 6) is 0.149. The van der Waals surface area contributed by atoms with Crippen molar-refractivity contribution < 1.29 is 54.2 Å². The van der Waals surface area contributed by atoms with Gasteiger partial charge in [0.1, 0.15) is 0 Å². The SMILES string of the molecule is [CH2-]COCCNC(=O)[CH2][Hg].[V]. The minimum Gasteiger partial charge on any atom is 0 e. The average molecular weight is 381 g/mol.